The average Bonchev–Trinajstić information content (AvgIpc) is 2.15. The number of rotatable bonds is 2. The van der Waals surface area contributed by atoms with Crippen LogP contribution in [0.2, 0.25) is 0 Å². The summed E-state index contributed by atoms with van der Waals surface area (Å²) in [6.07, 6.45) is -7.91. The number of carbonyl (C=O) groups is 1. The standard InChI is InChI=1S/C8H4F5NO/c9-7(10)4-1-2-6(8(11,12)13)14-5(4)3-15/h1-3,7H. The molecule has 0 aliphatic heterocycles. The Hall–Kier alpha value is -1.53. The molecular formula is C8H4F5NO. The van der Waals surface area contributed by atoms with Crippen LogP contribution in [0.25, 0.3) is 0 Å². The Morgan fingerprint density at radius 2 is 1.87 bits per heavy atom. The molecule has 15 heavy (non-hydrogen) atoms. The number of aromatic nitrogens is 1. The van der Waals surface area contributed by atoms with Gasteiger partial charge in [-0.15, -0.1) is 0 Å². The van der Waals surface area contributed by atoms with Crippen molar-refractivity contribution in [3.63, 3.8) is 0 Å². The molecule has 0 saturated carbocycles. The lowest BCUT2D eigenvalue weighted by Gasteiger charge is -2.08. The van der Waals surface area contributed by atoms with Crippen LogP contribution in [0.4, 0.5) is 22.0 Å². The maximum atomic E-state index is 12.2. The smallest absolute Gasteiger partial charge is 0.296 e. The third-order valence-corrected chi connectivity index (χ3v) is 1.59. The summed E-state index contributed by atoms with van der Waals surface area (Å²) >= 11 is 0. The molecule has 0 unspecified atom stereocenters. The molecule has 7 heteroatoms. The first kappa shape index (κ1) is 11.5. The number of nitrogens with zero attached hydrogens (tertiary/aromatic N) is 1. The third kappa shape index (κ3) is 2.48. The lowest BCUT2D eigenvalue weighted by Crippen LogP contribution is -2.10. The van der Waals surface area contributed by atoms with Crippen molar-refractivity contribution in [3.8, 4) is 0 Å². The van der Waals surface area contributed by atoms with E-state index in [0.717, 1.165) is 0 Å². The summed E-state index contributed by atoms with van der Waals surface area (Å²) in [5.74, 6) is 0. The van der Waals surface area contributed by atoms with Crippen LogP contribution in [0, 0.1) is 0 Å². The van der Waals surface area contributed by atoms with Crippen LogP contribution in [0.3, 0.4) is 0 Å². The van der Waals surface area contributed by atoms with Crippen molar-refractivity contribution in [1.29, 1.82) is 0 Å². The molecule has 0 aliphatic rings. The Labute approximate surface area is 80.7 Å². The monoisotopic (exact) mass is 225 g/mol. The SMILES string of the molecule is O=Cc1nc(C(F)(F)F)ccc1C(F)F. The van der Waals surface area contributed by atoms with Gasteiger partial charge in [-0.25, -0.2) is 13.8 Å². The maximum absolute atomic E-state index is 12.2. The van der Waals surface area contributed by atoms with Crippen molar-refractivity contribution in [3.05, 3.63) is 29.1 Å². The third-order valence-electron chi connectivity index (χ3n) is 1.59. The predicted octanol–water partition coefficient (Wildman–Crippen LogP) is 2.85. The molecule has 0 aromatic carbocycles. The minimum atomic E-state index is -4.75. The van der Waals surface area contributed by atoms with Crippen LogP contribution in [-0.4, -0.2) is 11.3 Å². The molecule has 0 radical (unpaired) electrons. The van der Waals surface area contributed by atoms with E-state index in [2.05, 4.69) is 4.98 Å². The van der Waals surface area contributed by atoms with E-state index < -0.39 is 29.6 Å². The van der Waals surface area contributed by atoms with E-state index >= 15 is 0 Å². The van der Waals surface area contributed by atoms with Gasteiger partial charge in [-0.3, -0.25) is 4.79 Å². The number of hydrogen-bond acceptors (Lipinski definition) is 2. The molecule has 0 saturated heterocycles. The molecule has 2 nitrogen and oxygen atoms in total. The molecule has 0 N–H and O–H groups in total. The zero-order valence-corrected chi connectivity index (χ0v) is 7.05. The minimum absolute atomic E-state index is 0.128. The molecular weight excluding hydrogens is 221 g/mol. The fourth-order valence-corrected chi connectivity index (χ4v) is 0.922. The lowest BCUT2D eigenvalue weighted by molar-refractivity contribution is -0.141. The highest BCUT2D eigenvalue weighted by Gasteiger charge is 2.33. The molecule has 0 atom stereocenters. The van der Waals surface area contributed by atoms with Gasteiger partial charge in [0.05, 0.1) is 0 Å². The fourth-order valence-electron chi connectivity index (χ4n) is 0.922. The molecule has 82 valence electrons. The Morgan fingerprint density at radius 3 is 2.27 bits per heavy atom. The Kier molecular flexibility index (Phi) is 3.01. The highest BCUT2D eigenvalue weighted by Crippen LogP contribution is 2.30. The number of pyridine rings is 1. The van der Waals surface area contributed by atoms with E-state index in [-0.39, 0.29) is 6.29 Å². The zero-order valence-electron chi connectivity index (χ0n) is 7.05. The summed E-state index contributed by atoms with van der Waals surface area (Å²) in [6, 6.07) is 0.957. The van der Waals surface area contributed by atoms with Crippen molar-refractivity contribution >= 4 is 6.29 Å². The van der Waals surface area contributed by atoms with E-state index in [0.29, 0.717) is 12.1 Å². The van der Waals surface area contributed by atoms with Crippen LogP contribution >= 0.6 is 0 Å². The van der Waals surface area contributed by atoms with Crippen molar-refractivity contribution in [2.75, 3.05) is 0 Å². The average molecular weight is 225 g/mol. The maximum Gasteiger partial charge on any atom is 0.433 e. The molecule has 0 amide bonds. The summed E-state index contributed by atoms with van der Waals surface area (Å²) in [5.41, 5.74) is -3.06. The molecule has 1 heterocycles. The van der Waals surface area contributed by atoms with E-state index in [1.165, 1.54) is 0 Å². The Bertz CT molecular complexity index is 374. The molecule has 1 rings (SSSR count). The number of hydrogen-bond donors (Lipinski definition) is 0. The molecule has 1 aromatic rings. The number of halogens is 5. The summed E-state index contributed by atoms with van der Waals surface area (Å²) in [5, 5.41) is 0. The Balaban J connectivity index is 3.25. The number of alkyl halides is 5. The summed E-state index contributed by atoms with van der Waals surface area (Å²) in [4.78, 5) is 13.1. The fraction of sp³-hybridized carbons (Fsp3) is 0.250. The molecule has 1 aromatic heterocycles. The lowest BCUT2D eigenvalue weighted by atomic mass is 10.2. The topological polar surface area (TPSA) is 30.0 Å². The normalized spacial score (nSPS) is 11.9. The summed E-state index contributed by atoms with van der Waals surface area (Å²) in [6.45, 7) is 0. The van der Waals surface area contributed by atoms with Gasteiger partial charge in [0.15, 0.2) is 6.29 Å². The molecule has 0 spiro atoms. The van der Waals surface area contributed by atoms with Crippen LogP contribution in [0.5, 0.6) is 0 Å². The van der Waals surface area contributed by atoms with Crippen molar-refractivity contribution in [1.82, 2.24) is 4.98 Å². The van der Waals surface area contributed by atoms with Gasteiger partial charge in [-0.1, -0.05) is 0 Å². The minimum Gasteiger partial charge on any atom is -0.296 e. The van der Waals surface area contributed by atoms with Crippen molar-refractivity contribution < 1.29 is 26.7 Å². The van der Waals surface area contributed by atoms with Crippen LogP contribution in [-0.2, 0) is 6.18 Å². The van der Waals surface area contributed by atoms with E-state index in [9.17, 15) is 26.7 Å². The summed E-state index contributed by atoms with van der Waals surface area (Å²) < 4.78 is 60.5. The molecule has 0 bridgehead atoms. The zero-order chi connectivity index (χ0) is 11.6. The predicted molar refractivity (Wildman–Crippen MR) is 39.6 cm³/mol. The van der Waals surface area contributed by atoms with Crippen molar-refractivity contribution in [2.24, 2.45) is 0 Å². The van der Waals surface area contributed by atoms with Gasteiger partial charge in [-0.2, -0.15) is 13.2 Å². The first-order chi connectivity index (χ1) is 6.86. The Morgan fingerprint density at radius 1 is 1.27 bits per heavy atom. The summed E-state index contributed by atoms with van der Waals surface area (Å²) in [7, 11) is 0. The van der Waals surface area contributed by atoms with E-state index in [4.69, 9.17) is 0 Å². The van der Waals surface area contributed by atoms with Gasteiger partial charge in [0.2, 0.25) is 0 Å². The van der Waals surface area contributed by atoms with Gasteiger partial charge >= 0.3 is 6.18 Å². The van der Waals surface area contributed by atoms with Gasteiger partial charge in [0, 0.05) is 5.56 Å². The molecule has 0 fully saturated rings. The van der Waals surface area contributed by atoms with Crippen molar-refractivity contribution in [2.45, 2.75) is 12.6 Å². The van der Waals surface area contributed by atoms with Crippen LogP contribution < -0.4 is 0 Å². The van der Waals surface area contributed by atoms with Crippen LogP contribution in [0.1, 0.15) is 28.2 Å². The second-order valence-corrected chi connectivity index (χ2v) is 2.59. The molecule has 0 aliphatic carbocycles. The van der Waals surface area contributed by atoms with Gasteiger partial charge in [-0.05, 0) is 12.1 Å². The highest BCUT2D eigenvalue weighted by atomic mass is 19.4. The van der Waals surface area contributed by atoms with Gasteiger partial charge < -0.3 is 0 Å². The van der Waals surface area contributed by atoms with E-state index in [1.54, 1.807) is 0 Å². The first-order valence-electron chi connectivity index (χ1n) is 3.67. The largest absolute Gasteiger partial charge is 0.433 e. The van der Waals surface area contributed by atoms with Gasteiger partial charge in [0.25, 0.3) is 6.43 Å². The first-order valence-corrected chi connectivity index (χ1v) is 3.67. The second kappa shape index (κ2) is 3.92. The number of aldehydes is 1. The highest BCUT2D eigenvalue weighted by molar-refractivity contribution is 5.74. The van der Waals surface area contributed by atoms with Gasteiger partial charge in [0.1, 0.15) is 11.4 Å². The van der Waals surface area contributed by atoms with Crippen LogP contribution in [0.15, 0.2) is 12.1 Å². The number of carbonyl (C=O) groups excluding carboxylic acids is 1. The van der Waals surface area contributed by atoms with E-state index in [1.807, 2.05) is 0 Å². The quantitative estimate of drug-likeness (QED) is 0.572. The second-order valence-electron chi connectivity index (χ2n) is 2.59.